The van der Waals surface area contributed by atoms with Gasteiger partial charge in [-0.15, -0.1) is 0 Å². The summed E-state index contributed by atoms with van der Waals surface area (Å²) in [6, 6.07) is 31.4. The summed E-state index contributed by atoms with van der Waals surface area (Å²) < 4.78 is 45.0. The fourth-order valence-electron chi connectivity index (χ4n) is 3.15. The summed E-state index contributed by atoms with van der Waals surface area (Å²) in [6.45, 7) is 0. The Morgan fingerprint density at radius 3 is 1.62 bits per heavy atom. The normalized spacial score (nSPS) is 15.9. The fourth-order valence-corrected chi connectivity index (χ4v) is 3.15. The summed E-state index contributed by atoms with van der Waals surface area (Å²) in [4.78, 5) is 0. The zero-order chi connectivity index (χ0) is 20.7. The number of ether oxygens (including phenoxy) is 1. The maximum Gasteiger partial charge on any atom is 1.00 e. The van der Waals surface area contributed by atoms with E-state index in [9.17, 15) is 17.3 Å². The van der Waals surface area contributed by atoms with E-state index in [1.807, 2.05) is 24.5 Å². The zero-order valence-electron chi connectivity index (χ0n) is 16.4. The van der Waals surface area contributed by atoms with E-state index in [0.29, 0.717) is 0 Å². The summed E-state index contributed by atoms with van der Waals surface area (Å²) in [5.74, 6) is 0. The second kappa shape index (κ2) is 9.28. The second-order valence-electron chi connectivity index (χ2n) is 6.28. The van der Waals surface area contributed by atoms with Gasteiger partial charge in [-0.2, -0.15) is 0 Å². The lowest BCUT2D eigenvalue weighted by Crippen LogP contribution is -2.09. The molecule has 0 saturated carbocycles. The summed E-state index contributed by atoms with van der Waals surface area (Å²) in [5.41, 5.74) is 5.97. The van der Waals surface area contributed by atoms with E-state index < -0.39 is 7.25 Å². The van der Waals surface area contributed by atoms with Crippen LogP contribution < -0.4 is 0 Å². The lowest BCUT2D eigenvalue weighted by Gasteiger charge is -2.27. The molecule has 1 unspecified atom stereocenters. The van der Waals surface area contributed by atoms with Crippen LogP contribution >= 0.6 is 0 Å². The van der Waals surface area contributed by atoms with Crippen LogP contribution in [-0.2, 0) is 4.74 Å². The molecule has 0 fully saturated rings. The number of hydrogen-bond acceptors (Lipinski definition) is 1. The monoisotopic (exact) mass is 398 g/mol. The van der Waals surface area contributed by atoms with Crippen LogP contribution in [0.15, 0.2) is 103 Å². The van der Waals surface area contributed by atoms with Gasteiger partial charge >= 0.3 is 8.68 Å². The SMILES string of the molecule is C1=CC(c2ccccc2)=C(c2ccccc2)C(c2ccccc2)O1.F[B-](F)(F)F.[H+]. The van der Waals surface area contributed by atoms with Crippen LogP contribution in [0.4, 0.5) is 17.3 Å². The van der Waals surface area contributed by atoms with E-state index in [-0.39, 0.29) is 7.53 Å². The van der Waals surface area contributed by atoms with Gasteiger partial charge in [0.05, 0.1) is 6.26 Å². The first-order chi connectivity index (χ1) is 13.9. The molecule has 1 heterocycles. The maximum atomic E-state index is 9.75. The molecule has 1 aliphatic rings. The van der Waals surface area contributed by atoms with E-state index in [1.54, 1.807) is 0 Å². The molecule has 29 heavy (non-hydrogen) atoms. The molecule has 3 aromatic carbocycles. The van der Waals surface area contributed by atoms with Gasteiger partial charge in [0.15, 0.2) is 0 Å². The van der Waals surface area contributed by atoms with Crippen LogP contribution in [0.2, 0.25) is 0 Å². The van der Waals surface area contributed by atoms with Crippen LogP contribution in [0.1, 0.15) is 24.2 Å². The molecule has 148 valence electrons. The molecule has 0 radical (unpaired) electrons. The van der Waals surface area contributed by atoms with Gasteiger partial charge in [-0.3, -0.25) is 0 Å². The first-order valence-corrected chi connectivity index (χ1v) is 9.03. The van der Waals surface area contributed by atoms with Crippen molar-refractivity contribution in [2.75, 3.05) is 0 Å². The lowest BCUT2D eigenvalue weighted by molar-refractivity contribution is 0.196. The van der Waals surface area contributed by atoms with Gasteiger partial charge in [0.2, 0.25) is 0 Å². The number of rotatable bonds is 3. The molecule has 4 rings (SSSR count). The van der Waals surface area contributed by atoms with Crippen molar-refractivity contribution < 1.29 is 23.4 Å². The van der Waals surface area contributed by atoms with Crippen molar-refractivity contribution in [3.8, 4) is 0 Å². The maximum absolute atomic E-state index is 9.75. The van der Waals surface area contributed by atoms with Crippen molar-refractivity contribution in [3.63, 3.8) is 0 Å². The van der Waals surface area contributed by atoms with Gasteiger partial charge in [0, 0.05) is 5.57 Å². The molecule has 0 aromatic heterocycles. The van der Waals surface area contributed by atoms with Crippen LogP contribution in [0.25, 0.3) is 11.1 Å². The summed E-state index contributed by atoms with van der Waals surface area (Å²) in [7, 11) is -6.00. The second-order valence-corrected chi connectivity index (χ2v) is 6.28. The summed E-state index contributed by atoms with van der Waals surface area (Å²) in [6.07, 6.45) is 3.78. The molecule has 0 N–H and O–H groups in total. The molecule has 1 nitrogen and oxygen atoms in total. The minimum absolute atomic E-state index is 0. The van der Waals surface area contributed by atoms with Crippen LogP contribution in [0.3, 0.4) is 0 Å². The lowest BCUT2D eigenvalue weighted by atomic mass is 9.87. The van der Waals surface area contributed by atoms with E-state index in [2.05, 4.69) is 78.9 Å². The number of hydrogen-bond donors (Lipinski definition) is 0. The van der Waals surface area contributed by atoms with E-state index in [0.717, 1.165) is 5.56 Å². The van der Waals surface area contributed by atoms with E-state index in [1.165, 1.54) is 22.3 Å². The van der Waals surface area contributed by atoms with E-state index in [4.69, 9.17) is 4.74 Å². The molecule has 6 heteroatoms. The van der Waals surface area contributed by atoms with Crippen LogP contribution in [0.5, 0.6) is 0 Å². The van der Waals surface area contributed by atoms with Crippen molar-refractivity contribution >= 4 is 18.4 Å². The predicted octanol–water partition coefficient (Wildman–Crippen LogP) is 7.30. The van der Waals surface area contributed by atoms with Crippen molar-refractivity contribution in [1.29, 1.82) is 0 Å². The first kappa shape index (κ1) is 20.5. The standard InChI is InChI=1S/C23H18O.BF4/c1-4-10-18(11-5-1)21-16-17-24-23(20-14-8-3-9-15-20)22(21)19-12-6-2-7-13-19;2-1(3,4)5/h1-17,23H;/q;-1/p+1. The Labute approximate surface area is 168 Å². The first-order valence-electron chi connectivity index (χ1n) is 9.03. The van der Waals surface area contributed by atoms with Crippen LogP contribution in [0, 0.1) is 0 Å². The van der Waals surface area contributed by atoms with Gasteiger partial charge in [0.1, 0.15) is 6.10 Å². The molecule has 1 atom stereocenters. The average Bonchev–Trinajstić information content (AvgIpc) is 2.74. The minimum atomic E-state index is -6.00. The van der Waals surface area contributed by atoms with Crippen molar-refractivity contribution in [2.24, 2.45) is 0 Å². The molecular formula is C23H19BF4O. The largest absolute Gasteiger partial charge is 1.00 e. The Morgan fingerprint density at radius 1 is 0.655 bits per heavy atom. The molecular weight excluding hydrogens is 379 g/mol. The average molecular weight is 398 g/mol. The minimum Gasteiger partial charge on any atom is -0.489 e. The molecule has 0 bridgehead atoms. The van der Waals surface area contributed by atoms with Crippen molar-refractivity contribution in [1.82, 2.24) is 0 Å². The number of allylic oxidation sites excluding steroid dienone is 2. The highest BCUT2D eigenvalue weighted by Gasteiger charge is 2.25. The predicted molar refractivity (Wildman–Crippen MR) is 110 cm³/mol. The zero-order valence-corrected chi connectivity index (χ0v) is 15.4. The third kappa shape index (κ3) is 5.85. The Morgan fingerprint density at radius 2 is 1.10 bits per heavy atom. The molecule has 3 aromatic rings. The van der Waals surface area contributed by atoms with Crippen LogP contribution in [-0.4, -0.2) is 7.25 Å². The van der Waals surface area contributed by atoms with Crippen molar-refractivity contribution in [3.05, 3.63) is 120 Å². The molecule has 0 spiro atoms. The smallest absolute Gasteiger partial charge is 0.489 e. The topological polar surface area (TPSA) is 9.23 Å². The molecule has 0 amide bonds. The van der Waals surface area contributed by atoms with Gasteiger partial charge in [-0.05, 0) is 28.3 Å². The highest BCUT2D eigenvalue weighted by atomic mass is 19.5. The van der Waals surface area contributed by atoms with Gasteiger partial charge in [0.25, 0.3) is 0 Å². The Hall–Kier alpha value is -3.28. The quantitative estimate of drug-likeness (QED) is 0.332. The highest BCUT2D eigenvalue weighted by molar-refractivity contribution is 6.50. The molecule has 0 aliphatic carbocycles. The fraction of sp³-hybridized carbons (Fsp3) is 0.0435. The third-order valence-electron chi connectivity index (χ3n) is 4.27. The van der Waals surface area contributed by atoms with Gasteiger partial charge in [-0.25, -0.2) is 0 Å². The number of halogens is 4. The van der Waals surface area contributed by atoms with Gasteiger partial charge < -0.3 is 22.0 Å². The summed E-state index contributed by atoms with van der Waals surface area (Å²) in [5, 5.41) is 0. The third-order valence-corrected chi connectivity index (χ3v) is 4.27. The molecule has 1 aliphatic heterocycles. The number of benzene rings is 3. The molecule has 0 saturated heterocycles. The van der Waals surface area contributed by atoms with Gasteiger partial charge in [-0.1, -0.05) is 91.0 Å². The Balaban J connectivity index is 0.000000482. The van der Waals surface area contributed by atoms with Crippen molar-refractivity contribution in [2.45, 2.75) is 6.10 Å². The Kier molecular flexibility index (Phi) is 6.55. The highest BCUT2D eigenvalue weighted by Crippen LogP contribution is 2.42. The van der Waals surface area contributed by atoms with E-state index >= 15 is 0 Å². The summed E-state index contributed by atoms with van der Waals surface area (Å²) >= 11 is 0. The Bertz CT molecular complexity index is 968.